The van der Waals surface area contributed by atoms with Crippen LogP contribution in [0.25, 0.3) is 16.8 Å². The minimum Gasteiger partial charge on any atom is -0.494 e. The molecule has 0 aliphatic carbocycles. The topological polar surface area (TPSA) is 110 Å². The van der Waals surface area contributed by atoms with Crippen LogP contribution in [0.2, 0.25) is 0 Å². The molecule has 9 nitrogen and oxygen atoms in total. The molecule has 1 N–H and O–H groups in total. The quantitative estimate of drug-likeness (QED) is 0.258. The van der Waals surface area contributed by atoms with Gasteiger partial charge in [-0.25, -0.2) is 0 Å². The van der Waals surface area contributed by atoms with Crippen molar-refractivity contribution in [3.63, 3.8) is 0 Å². The van der Waals surface area contributed by atoms with Crippen molar-refractivity contribution < 1.29 is 24.2 Å². The summed E-state index contributed by atoms with van der Waals surface area (Å²) in [6.07, 6.45) is 3.19. The minimum absolute atomic E-state index is 0.0957. The Morgan fingerprint density at radius 3 is 2.64 bits per heavy atom. The first kappa shape index (κ1) is 25.0. The first-order valence-electron chi connectivity index (χ1n) is 12.0. The lowest BCUT2D eigenvalue weighted by Gasteiger charge is -2.14. The molecule has 2 aromatic carbocycles. The van der Waals surface area contributed by atoms with Crippen molar-refractivity contribution in [2.24, 2.45) is 4.99 Å². The number of hydrogen-bond donors (Lipinski definition) is 1. The number of rotatable bonds is 7. The van der Waals surface area contributed by atoms with Gasteiger partial charge in [-0.2, -0.15) is 0 Å². The molecule has 2 aliphatic rings. The fraction of sp³-hybridized carbons (Fsp3) is 0.143. The summed E-state index contributed by atoms with van der Waals surface area (Å²) in [6.45, 7) is 0.484. The number of imide groups is 1. The van der Waals surface area contributed by atoms with Crippen molar-refractivity contribution in [1.82, 2.24) is 9.47 Å². The van der Waals surface area contributed by atoms with Gasteiger partial charge in [0.1, 0.15) is 0 Å². The third-order valence-corrected chi connectivity index (χ3v) is 8.06. The second-order valence-electron chi connectivity index (χ2n) is 8.75. The van der Waals surface area contributed by atoms with Crippen LogP contribution in [0, 0.1) is 0 Å². The van der Waals surface area contributed by atoms with Crippen LogP contribution < -0.4 is 15.0 Å². The highest BCUT2D eigenvalue weighted by molar-refractivity contribution is 8.18. The number of fused-ring (bicyclic) bond motifs is 2. The zero-order valence-corrected chi connectivity index (χ0v) is 22.0. The second-order valence-corrected chi connectivity index (χ2v) is 10.7. The molecule has 0 atom stereocenters. The number of hydrogen-bond acceptors (Lipinski definition) is 9. The van der Waals surface area contributed by atoms with Gasteiger partial charge in [-0.15, -0.1) is 11.3 Å². The monoisotopic (exact) mass is 559 g/mol. The van der Waals surface area contributed by atoms with Crippen LogP contribution in [0.4, 0.5) is 4.79 Å². The lowest BCUT2D eigenvalue weighted by Crippen LogP contribution is -2.30. The number of thiophene rings is 1. The molecular formula is C28H21N3O6S2. The zero-order chi connectivity index (χ0) is 26.9. The van der Waals surface area contributed by atoms with Gasteiger partial charge in [0.2, 0.25) is 12.7 Å². The van der Waals surface area contributed by atoms with Crippen LogP contribution in [0.1, 0.15) is 16.0 Å². The highest BCUT2D eigenvalue weighted by Crippen LogP contribution is 2.34. The summed E-state index contributed by atoms with van der Waals surface area (Å²) >= 11 is 2.40. The van der Waals surface area contributed by atoms with E-state index in [-0.39, 0.29) is 49.0 Å². The van der Waals surface area contributed by atoms with Crippen LogP contribution >= 0.6 is 23.1 Å². The third kappa shape index (κ3) is 4.82. The van der Waals surface area contributed by atoms with Crippen LogP contribution in [-0.2, 0) is 11.3 Å². The predicted molar refractivity (Wildman–Crippen MR) is 151 cm³/mol. The van der Waals surface area contributed by atoms with Gasteiger partial charge in [-0.05, 0) is 53.0 Å². The van der Waals surface area contributed by atoms with E-state index in [0.717, 1.165) is 22.2 Å². The molecule has 4 aromatic rings. The van der Waals surface area contributed by atoms with Gasteiger partial charge in [0.15, 0.2) is 11.5 Å². The van der Waals surface area contributed by atoms with E-state index in [9.17, 15) is 19.5 Å². The van der Waals surface area contributed by atoms with Gasteiger partial charge in [0.25, 0.3) is 16.7 Å². The fourth-order valence-corrected chi connectivity index (χ4v) is 6.00. The summed E-state index contributed by atoms with van der Waals surface area (Å²) in [5, 5.41) is 13.7. The molecule has 1 saturated heterocycles. The SMILES string of the molecule is O=C1SC(=Cc2cccs2)C(=O)N1CCN=Cc1c(O)n(Cc2ccc3c(c2)OCO3)c(=O)c2ccccc12. The van der Waals surface area contributed by atoms with E-state index >= 15 is 0 Å². The smallest absolute Gasteiger partial charge is 0.293 e. The molecule has 2 aliphatic heterocycles. The number of nitrogens with zero attached hydrogens (tertiary/aromatic N) is 3. The summed E-state index contributed by atoms with van der Waals surface area (Å²) in [7, 11) is 0. The van der Waals surface area contributed by atoms with Crippen molar-refractivity contribution >= 4 is 57.3 Å². The van der Waals surface area contributed by atoms with Gasteiger partial charge in [-0.3, -0.25) is 28.8 Å². The average Bonchev–Trinajstić information content (AvgIpc) is 3.68. The van der Waals surface area contributed by atoms with E-state index < -0.39 is 0 Å². The number of amides is 2. The Morgan fingerprint density at radius 1 is 1.00 bits per heavy atom. The summed E-state index contributed by atoms with van der Waals surface area (Å²) < 4.78 is 12.1. The molecule has 0 bridgehead atoms. The molecule has 0 spiro atoms. The highest BCUT2D eigenvalue weighted by atomic mass is 32.2. The number of pyridine rings is 1. The fourth-order valence-electron chi connectivity index (χ4n) is 4.42. The molecule has 6 rings (SSSR count). The van der Waals surface area contributed by atoms with Crippen molar-refractivity contribution in [3.8, 4) is 17.4 Å². The number of thioether (sulfide) groups is 1. The standard InChI is InChI=1S/C28H21N3O6S2/c32-25-20-6-2-1-5-19(20)21(26(33)31(25)15-17-7-8-22-23(12-17)37-16-36-22)14-29-9-10-30-27(34)24(39-28(30)35)13-18-4-3-11-38-18/h1-8,11-14,33H,9-10,15-16H2. The van der Waals surface area contributed by atoms with Gasteiger partial charge >= 0.3 is 0 Å². The second kappa shape index (κ2) is 10.4. The Balaban J connectivity index is 1.24. The van der Waals surface area contributed by atoms with Crippen molar-refractivity contribution in [3.05, 3.63) is 91.2 Å². The Kier molecular flexibility index (Phi) is 6.67. The van der Waals surface area contributed by atoms with Crippen LogP contribution in [0.15, 0.2) is 74.7 Å². The van der Waals surface area contributed by atoms with Crippen LogP contribution in [-0.4, -0.2) is 51.8 Å². The van der Waals surface area contributed by atoms with E-state index in [1.54, 1.807) is 42.5 Å². The van der Waals surface area contributed by atoms with Gasteiger partial charge in [0.05, 0.1) is 23.6 Å². The Morgan fingerprint density at radius 2 is 1.82 bits per heavy atom. The number of ether oxygens (including phenoxy) is 2. The molecule has 1 fully saturated rings. The normalized spacial score (nSPS) is 15.9. The average molecular weight is 560 g/mol. The molecule has 4 heterocycles. The minimum atomic E-state index is -0.348. The van der Waals surface area contributed by atoms with E-state index in [2.05, 4.69) is 4.99 Å². The van der Waals surface area contributed by atoms with E-state index in [0.29, 0.717) is 32.7 Å². The van der Waals surface area contributed by atoms with Crippen molar-refractivity contribution in [2.75, 3.05) is 19.9 Å². The molecular weight excluding hydrogens is 538 g/mol. The molecule has 2 amide bonds. The first-order valence-corrected chi connectivity index (χ1v) is 13.7. The molecule has 0 unspecified atom stereocenters. The maximum absolute atomic E-state index is 13.3. The summed E-state index contributed by atoms with van der Waals surface area (Å²) in [5.74, 6) is 0.633. The molecule has 2 aromatic heterocycles. The number of aromatic hydroxyl groups is 1. The number of carbonyl (C=O) groups excluding carboxylic acids is 2. The third-order valence-electron chi connectivity index (χ3n) is 6.33. The van der Waals surface area contributed by atoms with Crippen molar-refractivity contribution in [1.29, 1.82) is 0 Å². The highest BCUT2D eigenvalue weighted by Gasteiger charge is 2.34. The van der Waals surface area contributed by atoms with Gasteiger partial charge in [0, 0.05) is 28.4 Å². The summed E-state index contributed by atoms with van der Waals surface area (Å²) in [4.78, 5) is 45.3. The maximum atomic E-state index is 13.3. The summed E-state index contributed by atoms with van der Waals surface area (Å²) in [5.41, 5.74) is 0.788. The van der Waals surface area contributed by atoms with Gasteiger partial charge in [-0.1, -0.05) is 30.3 Å². The maximum Gasteiger partial charge on any atom is 0.293 e. The molecule has 11 heteroatoms. The largest absolute Gasteiger partial charge is 0.494 e. The molecule has 0 radical (unpaired) electrons. The van der Waals surface area contributed by atoms with E-state index in [4.69, 9.17) is 9.47 Å². The number of aromatic nitrogens is 1. The Labute approximate surface area is 230 Å². The van der Waals surface area contributed by atoms with Crippen LogP contribution in [0.3, 0.4) is 0 Å². The van der Waals surface area contributed by atoms with E-state index in [1.165, 1.54) is 27.0 Å². The zero-order valence-electron chi connectivity index (χ0n) is 20.4. The Hall–Kier alpha value is -4.35. The lowest BCUT2D eigenvalue weighted by molar-refractivity contribution is -0.122. The van der Waals surface area contributed by atoms with Crippen LogP contribution in [0.5, 0.6) is 17.4 Å². The number of carbonyl (C=O) groups is 2. The predicted octanol–water partition coefficient (Wildman–Crippen LogP) is 4.70. The Bertz CT molecular complexity index is 1730. The molecule has 0 saturated carbocycles. The van der Waals surface area contributed by atoms with E-state index in [1.807, 2.05) is 23.6 Å². The number of aliphatic imine (C=N–C) groups is 1. The summed E-state index contributed by atoms with van der Waals surface area (Å²) in [6, 6.07) is 16.1. The molecule has 196 valence electrons. The van der Waals surface area contributed by atoms with Gasteiger partial charge < -0.3 is 14.6 Å². The molecule has 39 heavy (non-hydrogen) atoms. The lowest BCUT2D eigenvalue weighted by atomic mass is 10.1. The first-order chi connectivity index (χ1) is 19.0. The number of benzene rings is 2. The van der Waals surface area contributed by atoms with Crippen molar-refractivity contribution in [2.45, 2.75) is 6.54 Å².